The number of fused-ring (bicyclic) bond motifs is 7. The average Bonchev–Trinajstić information content (AvgIpc) is 3.45. The SMILES string of the molecule is Cc1ccccc1-n1c2ccccc2c2ccc3c(c21)CN(C=NC(=NC(=N)c1ccccc1)c1ccccc1)c1ccccc1-3. The Morgan fingerprint density at radius 3 is 2.07 bits per heavy atom. The Morgan fingerprint density at radius 1 is 0.630 bits per heavy atom. The molecule has 46 heavy (non-hydrogen) atoms. The molecule has 1 aromatic heterocycles. The fourth-order valence-corrected chi connectivity index (χ4v) is 6.56. The van der Waals surface area contributed by atoms with Crippen LogP contribution in [0.1, 0.15) is 22.3 Å². The maximum atomic E-state index is 8.73. The molecule has 1 aliphatic heterocycles. The van der Waals surface area contributed by atoms with Crippen molar-refractivity contribution in [3.05, 3.63) is 168 Å². The zero-order valence-corrected chi connectivity index (χ0v) is 25.4. The zero-order valence-electron chi connectivity index (χ0n) is 25.4. The predicted octanol–water partition coefficient (Wildman–Crippen LogP) is 9.58. The Morgan fingerprint density at radius 2 is 1.28 bits per heavy atom. The minimum absolute atomic E-state index is 0.172. The highest BCUT2D eigenvalue weighted by Gasteiger charge is 2.26. The molecule has 0 atom stereocenters. The highest BCUT2D eigenvalue weighted by atomic mass is 15.2. The molecule has 1 N–H and O–H groups in total. The van der Waals surface area contributed by atoms with E-state index in [0.717, 1.165) is 22.4 Å². The van der Waals surface area contributed by atoms with Crippen LogP contribution in [-0.4, -0.2) is 22.6 Å². The smallest absolute Gasteiger partial charge is 0.163 e. The number of aryl methyl sites for hydroxylation is 1. The first kappa shape index (κ1) is 27.5. The summed E-state index contributed by atoms with van der Waals surface area (Å²) in [5, 5.41) is 11.2. The van der Waals surface area contributed by atoms with Crippen LogP contribution in [-0.2, 0) is 6.54 Å². The molecule has 0 bridgehead atoms. The summed E-state index contributed by atoms with van der Waals surface area (Å²) in [6.45, 7) is 2.81. The second-order valence-corrected chi connectivity index (χ2v) is 11.5. The van der Waals surface area contributed by atoms with Gasteiger partial charge in [-0.1, -0.05) is 127 Å². The third-order valence-corrected chi connectivity index (χ3v) is 8.75. The van der Waals surface area contributed by atoms with Crippen LogP contribution in [0.3, 0.4) is 0 Å². The summed E-state index contributed by atoms with van der Waals surface area (Å²) in [5.41, 5.74) is 11.1. The van der Waals surface area contributed by atoms with Crippen molar-refractivity contribution < 1.29 is 0 Å². The van der Waals surface area contributed by atoms with Crippen LogP contribution in [0.5, 0.6) is 0 Å². The number of anilines is 1. The van der Waals surface area contributed by atoms with Gasteiger partial charge in [-0.3, -0.25) is 5.41 Å². The molecule has 0 fully saturated rings. The quantitative estimate of drug-likeness (QED) is 0.160. The van der Waals surface area contributed by atoms with E-state index in [1.807, 2.05) is 67.0 Å². The molecule has 0 spiro atoms. The van der Waals surface area contributed by atoms with Gasteiger partial charge in [0.05, 0.1) is 29.6 Å². The van der Waals surface area contributed by atoms with E-state index in [4.69, 9.17) is 15.4 Å². The van der Waals surface area contributed by atoms with Gasteiger partial charge in [-0.15, -0.1) is 0 Å². The minimum atomic E-state index is 0.172. The monoisotopic (exact) mass is 593 g/mol. The molecule has 5 nitrogen and oxygen atoms in total. The lowest BCUT2D eigenvalue weighted by molar-refractivity contribution is 1.000. The fraction of sp³-hybridized carbons (Fsp3) is 0.0488. The lowest BCUT2D eigenvalue weighted by Gasteiger charge is -2.30. The van der Waals surface area contributed by atoms with Crippen molar-refractivity contribution in [2.75, 3.05) is 4.90 Å². The second kappa shape index (κ2) is 11.5. The predicted molar refractivity (Wildman–Crippen MR) is 192 cm³/mol. The molecule has 0 aliphatic carbocycles. The molecule has 1 aliphatic rings. The number of rotatable bonds is 4. The summed E-state index contributed by atoms with van der Waals surface area (Å²) in [6.07, 6.45) is 1.88. The third-order valence-electron chi connectivity index (χ3n) is 8.75. The highest BCUT2D eigenvalue weighted by Crippen LogP contribution is 2.44. The van der Waals surface area contributed by atoms with Gasteiger partial charge >= 0.3 is 0 Å². The van der Waals surface area contributed by atoms with E-state index >= 15 is 0 Å². The van der Waals surface area contributed by atoms with Crippen LogP contribution in [0.15, 0.2) is 156 Å². The number of amidine groups is 2. The van der Waals surface area contributed by atoms with Crippen molar-refractivity contribution in [3.63, 3.8) is 0 Å². The van der Waals surface area contributed by atoms with Gasteiger partial charge < -0.3 is 9.47 Å². The Balaban J connectivity index is 1.31. The van der Waals surface area contributed by atoms with Gasteiger partial charge in [0.1, 0.15) is 0 Å². The molecule has 0 radical (unpaired) electrons. The molecule has 6 aromatic carbocycles. The highest BCUT2D eigenvalue weighted by molar-refractivity contribution is 6.15. The number of benzene rings is 6. The van der Waals surface area contributed by atoms with E-state index in [0.29, 0.717) is 12.4 Å². The Kier molecular flexibility index (Phi) is 6.84. The Bertz CT molecular complexity index is 2310. The van der Waals surface area contributed by atoms with E-state index in [9.17, 15) is 0 Å². The van der Waals surface area contributed by atoms with Gasteiger partial charge in [0.15, 0.2) is 11.7 Å². The summed E-state index contributed by atoms with van der Waals surface area (Å²) in [5.74, 6) is 0.662. The molecule has 220 valence electrons. The van der Waals surface area contributed by atoms with Gasteiger partial charge in [0, 0.05) is 38.7 Å². The Hall–Kier alpha value is -6.07. The van der Waals surface area contributed by atoms with Crippen molar-refractivity contribution in [1.82, 2.24) is 4.57 Å². The first-order valence-corrected chi connectivity index (χ1v) is 15.5. The van der Waals surface area contributed by atoms with E-state index in [1.165, 1.54) is 44.2 Å². The molecular formula is C41H31N5. The van der Waals surface area contributed by atoms with Crippen LogP contribution in [0.4, 0.5) is 5.69 Å². The Labute approximate surface area is 267 Å². The van der Waals surface area contributed by atoms with Gasteiger partial charge in [-0.05, 0) is 36.2 Å². The van der Waals surface area contributed by atoms with Gasteiger partial charge in [-0.2, -0.15) is 0 Å². The summed E-state index contributed by atoms with van der Waals surface area (Å²) >= 11 is 0. The number of para-hydroxylation sites is 3. The van der Waals surface area contributed by atoms with E-state index in [2.05, 4.69) is 101 Å². The van der Waals surface area contributed by atoms with Crippen molar-refractivity contribution in [2.24, 2.45) is 9.98 Å². The first-order valence-electron chi connectivity index (χ1n) is 15.5. The third kappa shape index (κ3) is 4.70. The van der Waals surface area contributed by atoms with E-state index in [-0.39, 0.29) is 5.84 Å². The van der Waals surface area contributed by atoms with Crippen molar-refractivity contribution in [2.45, 2.75) is 13.5 Å². The maximum absolute atomic E-state index is 8.73. The molecule has 0 unspecified atom stereocenters. The molecule has 0 saturated carbocycles. The van der Waals surface area contributed by atoms with Crippen molar-refractivity contribution in [3.8, 4) is 16.8 Å². The lowest BCUT2D eigenvalue weighted by atomic mass is 9.91. The van der Waals surface area contributed by atoms with Crippen LogP contribution in [0.2, 0.25) is 0 Å². The second-order valence-electron chi connectivity index (χ2n) is 11.5. The van der Waals surface area contributed by atoms with Crippen molar-refractivity contribution in [1.29, 1.82) is 5.41 Å². The molecule has 2 heterocycles. The number of nitrogens with zero attached hydrogens (tertiary/aromatic N) is 4. The fourth-order valence-electron chi connectivity index (χ4n) is 6.56. The van der Waals surface area contributed by atoms with Crippen LogP contribution in [0, 0.1) is 12.3 Å². The van der Waals surface area contributed by atoms with Crippen LogP contribution < -0.4 is 4.90 Å². The summed E-state index contributed by atoms with van der Waals surface area (Å²) in [7, 11) is 0. The first-order chi connectivity index (χ1) is 22.7. The molecule has 0 amide bonds. The van der Waals surface area contributed by atoms with E-state index in [1.54, 1.807) is 0 Å². The molecule has 5 heteroatoms. The summed E-state index contributed by atoms with van der Waals surface area (Å²) < 4.78 is 2.43. The number of aromatic nitrogens is 1. The van der Waals surface area contributed by atoms with Crippen LogP contribution >= 0.6 is 0 Å². The van der Waals surface area contributed by atoms with Crippen molar-refractivity contribution >= 4 is 45.5 Å². The van der Waals surface area contributed by atoms with Gasteiger partial charge in [0.2, 0.25) is 0 Å². The van der Waals surface area contributed by atoms with Gasteiger partial charge in [-0.25, -0.2) is 9.98 Å². The number of nitrogens with one attached hydrogen (secondary N) is 1. The molecule has 8 rings (SSSR count). The number of hydrogen-bond acceptors (Lipinski definition) is 1. The molecular weight excluding hydrogens is 562 g/mol. The lowest BCUT2D eigenvalue weighted by Crippen LogP contribution is -2.26. The largest absolute Gasteiger partial charge is 0.327 e. The molecule has 7 aromatic rings. The topological polar surface area (TPSA) is 56.7 Å². The normalized spacial score (nSPS) is 12.9. The zero-order chi connectivity index (χ0) is 31.0. The summed E-state index contributed by atoms with van der Waals surface area (Å²) in [6, 6.07) is 49.8. The maximum Gasteiger partial charge on any atom is 0.163 e. The molecule has 0 saturated heterocycles. The average molecular weight is 594 g/mol. The standard InChI is InChI=1S/C41H31N5/c1-28-14-8-11-21-36(28)46-38-23-13-10-20-33(38)34-25-24-31-32-19-9-12-22-37(32)45(26-35(31)39(34)46)27-43-41(30-17-6-3-7-18-30)44-40(42)29-15-4-2-5-16-29/h2-25,27,42H,26H2,1H3. The number of hydrogen-bond donors (Lipinski definition) is 1. The summed E-state index contributed by atoms with van der Waals surface area (Å²) in [4.78, 5) is 11.9. The van der Waals surface area contributed by atoms with Gasteiger partial charge in [0.25, 0.3) is 0 Å². The minimum Gasteiger partial charge on any atom is -0.327 e. The number of aliphatic imine (C=N–C) groups is 2. The van der Waals surface area contributed by atoms with Crippen LogP contribution in [0.25, 0.3) is 38.6 Å². The van der Waals surface area contributed by atoms with E-state index < -0.39 is 0 Å².